The molecule has 1 aromatic rings. The van der Waals surface area contributed by atoms with Crippen LogP contribution < -0.4 is 14.8 Å². The van der Waals surface area contributed by atoms with E-state index < -0.39 is 0 Å². The molecule has 0 aliphatic heterocycles. The minimum Gasteiger partial charge on any atom is -0.493 e. The smallest absolute Gasteiger partial charge is 0.161 e. The molecule has 1 rings (SSSR count). The molecule has 0 spiro atoms. The maximum atomic E-state index is 5.77. The highest BCUT2D eigenvalue weighted by molar-refractivity contribution is 5.58. The Hall–Kier alpha value is -1.48. The van der Waals surface area contributed by atoms with Crippen molar-refractivity contribution < 1.29 is 9.47 Å². The Labute approximate surface area is 129 Å². The molecule has 0 radical (unpaired) electrons. The molecule has 0 amide bonds. The standard InChI is InChI=1S/C18H29NO2/c1-6-10-21-18-12-15(8-9-17(18)20-5)11-16(14(3)4)13-19-7-2/h8-9,11-12,14,19H,6-7,10,13H2,1-5H3. The van der Waals surface area contributed by atoms with E-state index in [0.717, 1.165) is 36.6 Å². The third-order valence-corrected chi connectivity index (χ3v) is 3.32. The lowest BCUT2D eigenvalue weighted by Gasteiger charge is -2.14. The van der Waals surface area contributed by atoms with Crippen LogP contribution in [0.1, 0.15) is 39.7 Å². The van der Waals surface area contributed by atoms with Crippen molar-refractivity contribution in [3.05, 3.63) is 29.3 Å². The lowest BCUT2D eigenvalue weighted by atomic mass is 10.00. The van der Waals surface area contributed by atoms with Gasteiger partial charge < -0.3 is 14.8 Å². The van der Waals surface area contributed by atoms with Gasteiger partial charge in [0.05, 0.1) is 13.7 Å². The van der Waals surface area contributed by atoms with Crippen LogP contribution in [-0.4, -0.2) is 26.8 Å². The van der Waals surface area contributed by atoms with Gasteiger partial charge in [-0.15, -0.1) is 0 Å². The molecule has 0 aliphatic carbocycles. The fraction of sp³-hybridized carbons (Fsp3) is 0.556. The minimum atomic E-state index is 0.520. The minimum absolute atomic E-state index is 0.520. The van der Waals surface area contributed by atoms with E-state index in [2.05, 4.69) is 51.2 Å². The van der Waals surface area contributed by atoms with E-state index in [1.165, 1.54) is 5.57 Å². The lowest BCUT2D eigenvalue weighted by molar-refractivity contribution is 0.294. The van der Waals surface area contributed by atoms with Crippen LogP contribution in [0.2, 0.25) is 0 Å². The summed E-state index contributed by atoms with van der Waals surface area (Å²) in [6.45, 7) is 11.3. The number of nitrogens with one attached hydrogen (secondary N) is 1. The zero-order valence-electron chi connectivity index (χ0n) is 14.0. The Bertz CT molecular complexity index is 453. The van der Waals surface area contributed by atoms with E-state index in [1.807, 2.05) is 6.07 Å². The van der Waals surface area contributed by atoms with Gasteiger partial charge in [-0.3, -0.25) is 0 Å². The van der Waals surface area contributed by atoms with Crippen LogP contribution in [0.25, 0.3) is 6.08 Å². The Morgan fingerprint density at radius 1 is 1.24 bits per heavy atom. The predicted molar refractivity (Wildman–Crippen MR) is 90.1 cm³/mol. The molecule has 0 bridgehead atoms. The molecular weight excluding hydrogens is 262 g/mol. The van der Waals surface area contributed by atoms with Gasteiger partial charge in [0.15, 0.2) is 11.5 Å². The predicted octanol–water partition coefficient (Wildman–Crippen LogP) is 4.13. The molecular formula is C18H29NO2. The normalized spacial score (nSPS) is 11.8. The van der Waals surface area contributed by atoms with Crippen LogP contribution in [0.4, 0.5) is 0 Å². The molecule has 118 valence electrons. The van der Waals surface area contributed by atoms with Gasteiger partial charge >= 0.3 is 0 Å². The van der Waals surface area contributed by atoms with Gasteiger partial charge in [0.2, 0.25) is 0 Å². The molecule has 21 heavy (non-hydrogen) atoms. The summed E-state index contributed by atoms with van der Waals surface area (Å²) >= 11 is 0. The quantitative estimate of drug-likeness (QED) is 0.742. The number of methoxy groups -OCH3 is 1. The highest BCUT2D eigenvalue weighted by Crippen LogP contribution is 2.29. The second-order valence-electron chi connectivity index (χ2n) is 5.41. The van der Waals surface area contributed by atoms with Crippen LogP contribution in [0, 0.1) is 5.92 Å². The van der Waals surface area contributed by atoms with Gasteiger partial charge in [-0.05, 0) is 36.6 Å². The molecule has 3 nitrogen and oxygen atoms in total. The summed E-state index contributed by atoms with van der Waals surface area (Å²) in [6.07, 6.45) is 3.23. The summed E-state index contributed by atoms with van der Waals surface area (Å²) < 4.78 is 11.1. The zero-order valence-corrected chi connectivity index (χ0v) is 14.0. The Kier molecular flexibility index (Phi) is 7.91. The number of ether oxygens (including phenoxy) is 2. The first-order chi connectivity index (χ1) is 10.1. The number of rotatable bonds is 9. The van der Waals surface area contributed by atoms with Gasteiger partial charge in [0, 0.05) is 6.54 Å². The van der Waals surface area contributed by atoms with Crippen LogP contribution in [-0.2, 0) is 0 Å². The summed E-state index contributed by atoms with van der Waals surface area (Å²) in [5.41, 5.74) is 2.55. The second kappa shape index (κ2) is 9.46. The first-order valence-electron chi connectivity index (χ1n) is 7.84. The van der Waals surface area contributed by atoms with Gasteiger partial charge in [-0.2, -0.15) is 0 Å². The average Bonchev–Trinajstić information content (AvgIpc) is 2.49. The van der Waals surface area contributed by atoms with Crippen molar-refractivity contribution in [2.24, 2.45) is 5.92 Å². The molecule has 0 aromatic heterocycles. The largest absolute Gasteiger partial charge is 0.493 e. The lowest BCUT2D eigenvalue weighted by Crippen LogP contribution is -2.18. The van der Waals surface area contributed by atoms with E-state index >= 15 is 0 Å². The van der Waals surface area contributed by atoms with E-state index in [9.17, 15) is 0 Å². The number of hydrogen-bond donors (Lipinski definition) is 1. The van der Waals surface area contributed by atoms with E-state index in [1.54, 1.807) is 7.11 Å². The molecule has 0 atom stereocenters. The summed E-state index contributed by atoms with van der Waals surface area (Å²) in [6, 6.07) is 6.11. The Morgan fingerprint density at radius 2 is 2.00 bits per heavy atom. The number of hydrogen-bond acceptors (Lipinski definition) is 3. The topological polar surface area (TPSA) is 30.5 Å². The van der Waals surface area contributed by atoms with Crippen molar-refractivity contribution in [1.82, 2.24) is 5.32 Å². The van der Waals surface area contributed by atoms with Gasteiger partial charge in [0.1, 0.15) is 0 Å². The molecule has 1 N–H and O–H groups in total. The zero-order chi connectivity index (χ0) is 15.7. The van der Waals surface area contributed by atoms with Crippen molar-refractivity contribution in [2.75, 3.05) is 26.8 Å². The van der Waals surface area contributed by atoms with Crippen molar-refractivity contribution in [1.29, 1.82) is 0 Å². The number of likely N-dealkylation sites (N-methyl/N-ethyl adjacent to an activating group) is 1. The van der Waals surface area contributed by atoms with Crippen molar-refractivity contribution in [3.63, 3.8) is 0 Å². The van der Waals surface area contributed by atoms with Gasteiger partial charge in [0.25, 0.3) is 0 Å². The van der Waals surface area contributed by atoms with Crippen LogP contribution in [0.15, 0.2) is 23.8 Å². The summed E-state index contributed by atoms with van der Waals surface area (Å²) in [7, 11) is 1.67. The molecule has 0 aliphatic rings. The molecule has 0 saturated heterocycles. The Balaban J connectivity index is 2.99. The molecule has 0 fully saturated rings. The molecule has 1 aromatic carbocycles. The fourth-order valence-electron chi connectivity index (χ4n) is 2.01. The Morgan fingerprint density at radius 3 is 2.57 bits per heavy atom. The first kappa shape index (κ1) is 17.6. The maximum Gasteiger partial charge on any atom is 0.161 e. The second-order valence-corrected chi connectivity index (χ2v) is 5.41. The molecule has 0 unspecified atom stereocenters. The van der Waals surface area contributed by atoms with E-state index in [0.29, 0.717) is 12.5 Å². The van der Waals surface area contributed by atoms with Crippen LogP contribution in [0.5, 0.6) is 11.5 Å². The molecule has 3 heteroatoms. The summed E-state index contributed by atoms with van der Waals surface area (Å²) in [5, 5.41) is 3.40. The average molecular weight is 291 g/mol. The van der Waals surface area contributed by atoms with Crippen molar-refractivity contribution in [3.8, 4) is 11.5 Å². The summed E-state index contributed by atoms with van der Waals surface area (Å²) in [5.74, 6) is 2.13. The van der Waals surface area contributed by atoms with Gasteiger partial charge in [-0.1, -0.05) is 45.4 Å². The SMILES string of the molecule is CCCOc1cc(C=C(CNCC)C(C)C)ccc1OC. The van der Waals surface area contributed by atoms with Crippen LogP contribution in [0.3, 0.4) is 0 Å². The highest BCUT2D eigenvalue weighted by Gasteiger charge is 2.07. The summed E-state index contributed by atoms with van der Waals surface area (Å²) in [4.78, 5) is 0. The third-order valence-electron chi connectivity index (χ3n) is 3.32. The van der Waals surface area contributed by atoms with Crippen molar-refractivity contribution in [2.45, 2.75) is 34.1 Å². The first-order valence-corrected chi connectivity index (χ1v) is 7.84. The highest BCUT2D eigenvalue weighted by atomic mass is 16.5. The van der Waals surface area contributed by atoms with Crippen LogP contribution >= 0.6 is 0 Å². The van der Waals surface area contributed by atoms with Crippen molar-refractivity contribution >= 4 is 6.08 Å². The molecule has 0 saturated carbocycles. The monoisotopic (exact) mass is 291 g/mol. The fourth-order valence-corrected chi connectivity index (χ4v) is 2.01. The number of benzene rings is 1. The third kappa shape index (κ3) is 5.80. The van der Waals surface area contributed by atoms with Gasteiger partial charge in [-0.25, -0.2) is 0 Å². The molecule has 0 heterocycles. The van der Waals surface area contributed by atoms with E-state index in [-0.39, 0.29) is 0 Å². The van der Waals surface area contributed by atoms with E-state index in [4.69, 9.17) is 9.47 Å². The maximum absolute atomic E-state index is 5.77.